The minimum atomic E-state index is -0.585. The van der Waals surface area contributed by atoms with E-state index in [4.69, 9.17) is 14.2 Å². The Morgan fingerprint density at radius 3 is 2.60 bits per heavy atom. The van der Waals surface area contributed by atoms with E-state index in [2.05, 4.69) is 11.4 Å². The summed E-state index contributed by atoms with van der Waals surface area (Å²) in [4.78, 5) is 12.3. The molecule has 1 heterocycles. The summed E-state index contributed by atoms with van der Waals surface area (Å²) in [5.74, 6) is 1.96. The monoisotopic (exact) mass is 341 g/mol. The van der Waals surface area contributed by atoms with Crippen LogP contribution in [-0.4, -0.2) is 31.3 Å². The molecule has 2 unspecified atom stereocenters. The van der Waals surface area contributed by atoms with Gasteiger partial charge < -0.3 is 19.5 Å². The van der Waals surface area contributed by atoms with E-state index in [1.165, 1.54) is 0 Å². The molecule has 1 amide bonds. The highest BCUT2D eigenvalue weighted by Gasteiger charge is 2.22. The molecular formula is C20H23NO4. The van der Waals surface area contributed by atoms with E-state index in [1.54, 1.807) is 6.92 Å². The van der Waals surface area contributed by atoms with Gasteiger partial charge in [-0.25, -0.2) is 0 Å². The zero-order valence-corrected chi connectivity index (χ0v) is 14.7. The van der Waals surface area contributed by atoms with Crippen molar-refractivity contribution in [2.45, 2.75) is 33.0 Å². The number of carbonyl (C=O) groups is 1. The van der Waals surface area contributed by atoms with Crippen LogP contribution < -0.4 is 19.5 Å². The third-order valence-corrected chi connectivity index (χ3v) is 3.95. The Labute approximate surface area is 147 Å². The highest BCUT2D eigenvalue weighted by molar-refractivity contribution is 5.80. The van der Waals surface area contributed by atoms with Gasteiger partial charge in [0.15, 0.2) is 17.6 Å². The lowest BCUT2D eigenvalue weighted by atomic mass is 10.1. The summed E-state index contributed by atoms with van der Waals surface area (Å²) in [7, 11) is 0. The number of carbonyl (C=O) groups excluding carboxylic acids is 1. The third kappa shape index (κ3) is 4.44. The van der Waals surface area contributed by atoms with E-state index in [0.717, 1.165) is 16.9 Å². The SMILES string of the molecule is Cc1cc(C)cc(OC(C)C(=O)NCC2COc3ccccc3O2)c1. The molecule has 0 spiro atoms. The number of aryl methyl sites for hydroxylation is 2. The fourth-order valence-electron chi connectivity index (χ4n) is 2.78. The molecule has 2 aromatic rings. The summed E-state index contributed by atoms with van der Waals surface area (Å²) in [6.07, 6.45) is -0.801. The predicted octanol–water partition coefficient (Wildman–Crippen LogP) is 3.03. The predicted molar refractivity (Wildman–Crippen MR) is 95.4 cm³/mol. The van der Waals surface area contributed by atoms with Crippen molar-refractivity contribution >= 4 is 5.91 Å². The van der Waals surface area contributed by atoms with E-state index >= 15 is 0 Å². The van der Waals surface area contributed by atoms with Crippen molar-refractivity contribution in [2.24, 2.45) is 0 Å². The van der Waals surface area contributed by atoms with Gasteiger partial charge in [0.1, 0.15) is 18.5 Å². The van der Waals surface area contributed by atoms with Gasteiger partial charge in [0.2, 0.25) is 0 Å². The number of ether oxygens (including phenoxy) is 3. The van der Waals surface area contributed by atoms with E-state index in [0.29, 0.717) is 24.7 Å². The molecule has 5 heteroatoms. The first-order valence-corrected chi connectivity index (χ1v) is 8.42. The van der Waals surface area contributed by atoms with Crippen molar-refractivity contribution in [2.75, 3.05) is 13.2 Å². The maximum atomic E-state index is 12.3. The maximum absolute atomic E-state index is 12.3. The summed E-state index contributed by atoms with van der Waals surface area (Å²) in [6, 6.07) is 13.4. The van der Waals surface area contributed by atoms with Crippen molar-refractivity contribution in [3.8, 4) is 17.2 Å². The lowest BCUT2D eigenvalue weighted by molar-refractivity contribution is -0.127. The van der Waals surface area contributed by atoms with Crippen molar-refractivity contribution < 1.29 is 19.0 Å². The smallest absolute Gasteiger partial charge is 0.260 e. The summed E-state index contributed by atoms with van der Waals surface area (Å²) >= 11 is 0. The van der Waals surface area contributed by atoms with Crippen LogP contribution in [0.5, 0.6) is 17.2 Å². The molecule has 0 bridgehead atoms. The number of para-hydroxylation sites is 2. The molecule has 25 heavy (non-hydrogen) atoms. The second-order valence-electron chi connectivity index (χ2n) is 6.33. The van der Waals surface area contributed by atoms with Crippen LogP contribution >= 0.6 is 0 Å². The average Bonchev–Trinajstić information content (AvgIpc) is 2.58. The second kappa shape index (κ2) is 7.47. The highest BCUT2D eigenvalue weighted by Crippen LogP contribution is 2.30. The van der Waals surface area contributed by atoms with Gasteiger partial charge in [-0.2, -0.15) is 0 Å². The topological polar surface area (TPSA) is 56.8 Å². The van der Waals surface area contributed by atoms with E-state index in [-0.39, 0.29) is 12.0 Å². The van der Waals surface area contributed by atoms with Crippen molar-refractivity contribution in [1.82, 2.24) is 5.32 Å². The molecule has 1 aliphatic rings. The average molecular weight is 341 g/mol. The molecular weight excluding hydrogens is 318 g/mol. The fraction of sp³-hybridized carbons (Fsp3) is 0.350. The van der Waals surface area contributed by atoms with Crippen LogP contribution in [0, 0.1) is 13.8 Å². The molecule has 0 saturated heterocycles. The molecule has 3 rings (SSSR count). The quantitative estimate of drug-likeness (QED) is 0.908. The number of nitrogens with one attached hydrogen (secondary N) is 1. The molecule has 0 saturated carbocycles. The van der Waals surface area contributed by atoms with Gasteiger partial charge in [0.05, 0.1) is 6.54 Å². The molecule has 1 aliphatic heterocycles. The number of fused-ring (bicyclic) bond motifs is 1. The number of benzene rings is 2. The highest BCUT2D eigenvalue weighted by atomic mass is 16.6. The molecule has 0 aliphatic carbocycles. The van der Waals surface area contributed by atoms with Crippen molar-refractivity contribution in [3.05, 3.63) is 53.6 Å². The number of rotatable bonds is 5. The molecule has 5 nitrogen and oxygen atoms in total. The zero-order valence-electron chi connectivity index (χ0n) is 14.7. The molecule has 2 atom stereocenters. The lowest BCUT2D eigenvalue weighted by Crippen LogP contribution is -2.44. The molecule has 0 aromatic heterocycles. The third-order valence-electron chi connectivity index (χ3n) is 3.95. The standard InChI is InChI=1S/C20H23NO4/c1-13-8-14(2)10-16(9-13)24-15(3)20(22)21-11-17-12-23-18-6-4-5-7-19(18)25-17/h4-10,15,17H,11-12H2,1-3H3,(H,21,22). The van der Waals surface area contributed by atoms with Crippen molar-refractivity contribution in [1.29, 1.82) is 0 Å². The fourth-order valence-corrected chi connectivity index (χ4v) is 2.78. The van der Waals surface area contributed by atoms with Crippen LogP contribution in [0.2, 0.25) is 0 Å². The molecule has 132 valence electrons. The number of hydrogen-bond acceptors (Lipinski definition) is 4. The summed E-state index contributed by atoms with van der Waals surface area (Å²) in [5.41, 5.74) is 2.21. The summed E-state index contributed by atoms with van der Waals surface area (Å²) in [6.45, 7) is 6.52. The number of amides is 1. The first-order valence-electron chi connectivity index (χ1n) is 8.42. The normalized spacial score (nSPS) is 16.8. The van der Waals surface area contributed by atoms with Crippen LogP contribution in [0.4, 0.5) is 0 Å². The van der Waals surface area contributed by atoms with Gasteiger partial charge in [0.25, 0.3) is 5.91 Å². The Kier molecular flexibility index (Phi) is 5.12. The van der Waals surface area contributed by atoms with Crippen LogP contribution in [0.3, 0.4) is 0 Å². The Bertz CT molecular complexity index is 739. The molecule has 0 radical (unpaired) electrons. The Hall–Kier alpha value is -2.69. The van der Waals surface area contributed by atoms with Gasteiger partial charge in [-0.1, -0.05) is 18.2 Å². The molecule has 0 fully saturated rings. The van der Waals surface area contributed by atoms with Crippen LogP contribution in [0.1, 0.15) is 18.1 Å². The maximum Gasteiger partial charge on any atom is 0.260 e. The first-order chi connectivity index (χ1) is 12.0. The Morgan fingerprint density at radius 2 is 1.88 bits per heavy atom. The summed E-state index contributed by atoms with van der Waals surface area (Å²) < 4.78 is 17.2. The van der Waals surface area contributed by atoms with Crippen molar-refractivity contribution in [3.63, 3.8) is 0 Å². The molecule has 1 N–H and O–H groups in total. The minimum Gasteiger partial charge on any atom is -0.486 e. The largest absolute Gasteiger partial charge is 0.486 e. The van der Waals surface area contributed by atoms with E-state index in [9.17, 15) is 4.79 Å². The lowest BCUT2D eigenvalue weighted by Gasteiger charge is -2.27. The Balaban J connectivity index is 1.51. The second-order valence-corrected chi connectivity index (χ2v) is 6.33. The zero-order chi connectivity index (χ0) is 17.8. The van der Waals surface area contributed by atoms with Gasteiger partial charge in [-0.05, 0) is 56.2 Å². The number of hydrogen-bond donors (Lipinski definition) is 1. The Morgan fingerprint density at radius 1 is 1.20 bits per heavy atom. The van der Waals surface area contributed by atoms with E-state index < -0.39 is 6.10 Å². The minimum absolute atomic E-state index is 0.179. The van der Waals surface area contributed by atoms with Gasteiger partial charge in [-0.3, -0.25) is 4.79 Å². The van der Waals surface area contributed by atoms with Gasteiger partial charge in [0, 0.05) is 0 Å². The summed E-state index contributed by atoms with van der Waals surface area (Å²) in [5, 5.41) is 2.86. The molecule has 2 aromatic carbocycles. The first kappa shape index (κ1) is 17.1. The van der Waals surface area contributed by atoms with Crippen LogP contribution in [0.25, 0.3) is 0 Å². The van der Waals surface area contributed by atoms with Crippen LogP contribution in [-0.2, 0) is 4.79 Å². The van der Waals surface area contributed by atoms with Gasteiger partial charge >= 0.3 is 0 Å². The van der Waals surface area contributed by atoms with Crippen LogP contribution in [0.15, 0.2) is 42.5 Å². The van der Waals surface area contributed by atoms with Gasteiger partial charge in [-0.15, -0.1) is 0 Å². The van der Waals surface area contributed by atoms with E-state index in [1.807, 2.05) is 50.2 Å².